The highest BCUT2D eigenvalue weighted by atomic mass is 16.2. The fraction of sp³-hybridized carbons (Fsp3) is 0.409. The summed E-state index contributed by atoms with van der Waals surface area (Å²) >= 11 is 0. The Kier molecular flexibility index (Phi) is 5.09. The molecule has 2 aromatic rings. The maximum Gasteiger partial charge on any atom is 0.253 e. The molecule has 2 saturated heterocycles. The molecule has 2 aliphatic rings. The molecule has 0 unspecified atom stereocenters. The number of carbonyl (C=O) groups is 1. The number of nitrogens with zero attached hydrogens (tertiary/aromatic N) is 3. The highest BCUT2D eigenvalue weighted by Gasteiger charge is 2.22. The first kappa shape index (κ1) is 17.0. The lowest BCUT2D eigenvalue weighted by Gasteiger charge is -2.36. The van der Waals surface area contributed by atoms with E-state index in [0.717, 1.165) is 44.8 Å². The summed E-state index contributed by atoms with van der Waals surface area (Å²) in [7, 11) is 0. The van der Waals surface area contributed by atoms with Gasteiger partial charge in [0, 0.05) is 56.2 Å². The molecular formula is C22H27N3O. The number of amides is 1. The van der Waals surface area contributed by atoms with Crippen LogP contribution in [0.4, 0.5) is 11.4 Å². The second-order valence-corrected chi connectivity index (χ2v) is 7.21. The van der Waals surface area contributed by atoms with Crippen molar-refractivity contribution in [1.82, 2.24) is 4.90 Å². The summed E-state index contributed by atoms with van der Waals surface area (Å²) in [5.74, 6) is 0.155. The number of anilines is 2. The number of carbonyl (C=O) groups excluding carboxylic acids is 1. The van der Waals surface area contributed by atoms with Crippen molar-refractivity contribution in [2.75, 3.05) is 49.1 Å². The zero-order valence-electron chi connectivity index (χ0n) is 15.3. The smallest absolute Gasteiger partial charge is 0.253 e. The Morgan fingerprint density at radius 3 is 1.85 bits per heavy atom. The maximum absolute atomic E-state index is 12.8. The minimum Gasteiger partial charge on any atom is -0.372 e. The Morgan fingerprint density at radius 1 is 0.615 bits per heavy atom. The summed E-state index contributed by atoms with van der Waals surface area (Å²) < 4.78 is 0. The quantitative estimate of drug-likeness (QED) is 0.846. The number of piperazine rings is 1. The lowest BCUT2D eigenvalue weighted by Crippen LogP contribution is -2.48. The average Bonchev–Trinajstić information content (AvgIpc) is 2.75. The van der Waals surface area contributed by atoms with Gasteiger partial charge in [-0.2, -0.15) is 0 Å². The molecule has 26 heavy (non-hydrogen) atoms. The fourth-order valence-electron chi connectivity index (χ4n) is 3.96. The van der Waals surface area contributed by atoms with Crippen LogP contribution in [-0.2, 0) is 0 Å². The van der Waals surface area contributed by atoms with E-state index in [1.54, 1.807) is 0 Å². The predicted molar refractivity (Wildman–Crippen MR) is 107 cm³/mol. The molecule has 4 nitrogen and oxygen atoms in total. The first-order valence-corrected chi connectivity index (χ1v) is 9.75. The summed E-state index contributed by atoms with van der Waals surface area (Å²) in [6, 6.07) is 18.7. The van der Waals surface area contributed by atoms with Crippen LogP contribution in [0.3, 0.4) is 0 Å². The van der Waals surface area contributed by atoms with E-state index in [0.29, 0.717) is 0 Å². The monoisotopic (exact) mass is 349 g/mol. The van der Waals surface area contributed by atoms with E-state index >= 15 is 0 Å². The van der Waals surface area contributed by atoms with Crippen molar-refractivity contribution in [3.8, 4) is 0 Å². The Balaban J connectivity index is 1.36. The van der Waals surface area contributed by atoms with Crippen LogP contribution in [0, 0.1) is 0 Å². The minimum atomic E-state index is 0.155. The van der Waals surface area contributed by atoms with Crippen LogP contribution >= 0.6 is 0 Å². The molecule has 2 aromatic carbocycles. The van der Waals surface area contributed by atoms with Crippen LogP contribution < -0.4 is 9.80 Å². The fourth-order valence-corrected chi connectivity index (χ4v) is 3.96. The molecule has 4 heteroatoms. The third kappa shape index (κ3) is 3.69. The Morgan fingerprint density at radius 2 is 1.19 bits per heavy atom. The van der Waals surface area contributed by atoms with E-state index in [9.17, 15) is 4.79 Å². The van der Waals surface area contributed by atoms with E-state index in [-0.39, 0.29) is 5.91 Å². The van der Waals surface area contributed by atoms with Crippen LogP contribution in [0.5, 0.6) is 0 Å². The highest BCUT2D eigenvalue weighted by molar-refractivity contribution is 5.94. The zero-order valence-corrected chi connectivity index (χ0v) is 15.3. The standard InChI is InChI=1S/C22H27N3O/c26-22(19-9-11-21(12-10-19)23-13-5-2-6-14-23)25-17-15-24(16-18-25)20-7-3-1-4-8-20/h1,3-4,7-12H,2,5-6,13-18H2. The maximum atomic E-state index is 12.8. The Bertz CT molecular complexity index is 715. The van der Waals surface area contributed by atoms with Gasteiger partial charge in [-0.25, -0.2) is 0 Å². The Labute approximate surface area is 156 Å². The number of benzene rings is 2. The normalized spacial score (nSPS) is 18.1. The number of piperidine rings is 1. The number of para-hydroxylation sites is 1. The molecule has 0 saturated carbocycles. The Hall–Kier alpha value is -2.49. The van der Waals surface area contributed by atoms with Gasteiger partial charge in [0.05, 0.1) is 0 Å². The minimum absolute atomic E-state index is 0.155. The van der Waals surface area contributed by atoms with Gasteiger partial charge in [0.25, 0.3) is 5.91 Å². The molecule has 0 aliphatic carbocycles. The van der Waals surface area contributed by atoms with Gasteiger partial charge in [0.1, 0.15) is 0 Å². The molecule has 0 aromatic heterocycles. The van der Waals surface area contributed by atoms with E-state index in [2.05, 4.69) is 46.2 Å². The van der Waals surface area contributed by atoms with E-state index in [1.165, 1.54) is 30.6 Å². The second-order valence-electron chi connectivity index (χ2n) is 7.21. The van der Waals surface area contributed by atoms with Gasteiger partial charge in [-0.05, 0) is 55.7 Å². The van der Waals surface area contributed by atoms with Gasteiger partial charge in [-0.15, -0.1) is 0 Å². The molecule has 0 atom stereocenters. The summed E-state index contributed by atoms with van der Waals surface area (Å²) in [6.07, 6.45) is 3.88. The van der Waals surface area contributed by atoms with Gasteiger partial charge >= 0.3 is 0 Å². The summed E-state index contributed by atoms with van der Waals surface area (Å²) in [4.78, 5) is 19.6. The molecule has 136 valence electrons. The molecular weight excluding hydrogens is 322 g/mol. The third-order valence-electron chi connectivity index (χ3n) is 5.52. The molecule has 4 rings (SSSR count). The molecule has 2 heterocycles. The van der Waals surface area contributed by atoms with Crippen LogP contribution in [-0.4, -0.2) is 50.1 Å². The van der Waals surface area contributed by atoms with Crippen LogP contribution in [0.1, 0.15) is 29.6 Å². The largest absolute Gasteiger partial charge is 0.372 e. The van der Waals surface area contributed by atoms with Gasteiger partial charge in [0.2, 0.25) is 0 Å². The summed E-state index contributed by atoms with van der Waals surface area (Å²) in [5, 5.41) is 0. The molecule has 1 amide bonds. The van der Waals surface area contributed by atoms with Gasteiger partial charge in [-0.1, -0.05) is 18.2 Å². The van der Waals surface area contributed by atoms with Crippen molar-refractivity contribution in [3.05, 3.63) is 60.2 Å². The van der Waals surface area contributed by atoms with Gasteiger partial charge in [0.15, 0.2) is 0 Å². The zero-order chi connectivity index (χ0) is 17.8. The van der Waals surface area contributed by atoms with Crippen molar-refractivity contribution in [2.45, 2.75) is 19.3 Å². The SMILES string of the molecule is O=C(c1ccc(N2CCCCC2)cc1)N1CCN(c2ccccc2)CC1. The second kappa shape index (κ2) is 7.81. The summed E-state index contributed by atoms with van der Waals surface area (Å²) in [6.45, 7) is 5.61. The molecule has 0 N–H and O–H groups in total. The molecule has 0 spiro atoms. The van der Waals surface area contributed by atoms with E-state index in [1.807, 2.05) is 23.1 Å². The van der Waals surface area contributed by atoms with Crippen molar-refractivity contribution in [1.29, 1.82) is 0 Å². The lowest BCUT2D eigenvalue weighted by molar-refractivity contribution is 0.0747. The predicted octanol–water partition coefficient (Wildman–Crippen LogP) is 3.64. The van der Waals surface area contributed by atoms with Crippen molar-refractivity contribution >= 4 is 17.3 Å². The van der Waals surface area contributed by atoms with Crippen molar-refractivity contribution in [3.63, 3.8) is 0 Å². The van der Waals surface area contributed by atoms with Crippen LogP contribution in [0.2, 0.25) is 0 Å². The first-order chi connectivity index (χ1) is 12.8. The molecule has 2 fully saturated rings. The number of hydrogen-bond donors (Lipinski definition) is 0. The van der Waals surface area contributed by atoms with Gasteiger partial charge in [-0.3, -0.25) is 4.79 Å². The van der Waals surface area contributed by atoms with Crippen LogP contribution in [0.25, 0.3) is 0 Å². The highest BCUT2D eigenvalue weighted by Crippen LogP contribution is 2.21. The topological polar surface area (TPSA) is 26.8 Å². The lowest BCUT2D eigenvalue weighted by atomic mass is 10.1. The molecule has 2 aliphatic heterocycles. The first-order valence-electron chi connectivity index (χ1n) is 9.75. The molecule has 0 bridgehead atoms. The van der Waals surface area contributed by atoms with Gasteiger partial charge < -0.3 is 14.7 Å². The number of hydrogen-bond acceptors (Lipinski definition) is 3. The van der Waals surface area contributed by atoms with Crippen LogP contribution in [0.15, 0.2) is 54.6 Å². The van der Waals surface area contributed by atoms with Crippen molar-refractivity contribution in [2.24, 2.45) is 0 Å². The number of rotatable bonds is 3. The van der Waals surface area contributed by atoms with Crippen molar-refractivity contribution < 1.29 is 4.79 Å². The third-order valence-corrected chi connectivity index (χ3v) is 5.52. The summed E-state index contributed by atoms with van der Waals surface area (Å²) in [5.41, 5.74) is 3.29. The average molecular weight is 349 g/mol. The molecule has 0 radical (unpaired) electrons. The van der Waals surface area contributed by atoms with E-state index in [4.69, 9.17) is 0 Å². The van der Waals surface area contributed by atoms with E-state index < -0.39 is 0 Å².